The van der Waals surface area contributed by atoms with Crippen molar-refractivity contribution in [2.75, 3.05) is 12.3 Å². The Morgan fingerprint density at radius 2 is 1.45 bits per heavy atom. The Morgan fingerprint density at radius 3 is 1.45 bits per heavy atom. The first-order chi connectivity index (χ1) is 4.80. The molecule has 0 aliphatic carbocycles. The average Bonchev–Trinajstić information content (AvgIpc) is 1.90. The van der Waals surface area contributed by atoms with Gasteiger partial charge < -0.3 is 0 Å². The van der Waals surface area contributed by atoms with E-state index in [9.17, 15) is 0 Å². The molecular weight excluding hydrogens is 164 g/mol. The van der Waals surface area contributed by atoms with E-state index in [1.165, 1.54) is 7.85 Å². The van der Waals surface area contributed by atoms with E-state index >= 15 is 0 Å². The zero-order chi connectivity index (χ0) is 9.57. The fraction of sp³-hybridized carbons (Fsp3) is 0.800. The summed E-state index contributed by atoms with van der Waals surface area (Å²) >= 11 is 0. The summed E-state index contributed by atoms with van der Waals surface area (Å²) in [6.45, 7) is 3.11. The quantitative estimate of drug-likeness (QED) is 0.390. The molecule has 11 heavy (non-hydrogen) atoms. The summed E-state index contributed by atoms with van der Waals surface area (Å²) in [6.07, 6.45) is 0.115. The van der Waals surface area contributed by atoms with Gasteiger partial charge in [0.2, 0.25) is 7.85 Å². The molecule has 0 unspecified atom stereocenters. The molecule has 0 radical (unpaired) electrons. The van der Waals surface area contributed by atoms with Crippen LogP contribution < -0.4 is 0 Å². The van der Waals surface area contributed by atoms with Crippen LogP contribution in [0.5, 0.6) is 0 Å². The van der Waals surface area contributed by atoms with Gasteiger partial charge in [0.25, 0.3) is 0 Å². The van der Waals surface area contributed by atoms with E-state index in [-0.39, 0.29) is 12.3 Å². The number of rotatable bonds is 2. The second-order valence-electron chi connectivity index (χ2n) is 2.20. The summed E-state index contributed by atoms with van der Waals surface area (Å²) in [4.78, 5) is 26.5. The van der Waals surface area contributed by atoms with Crippen LogP contribution in [-0.2, 0) is 0 Å². The summed E-state index contributed by atoms with van der Waals surface area (Å²) in [5, 5.41) is 7.32. The van der Waals surface area contributed by atoms with Crippen molar-refractivity contribution < 1.29 is 14.7 Å². The second-order valence-corrected chi connectivity index (χ2v) is 6.14. The van der Waals surface area contributed by atoms with Crippen molar-refractivity contribution in [3.8, 4) is 5.97 Å². The SMILES string of the molecule is BC#N.CCP(O)(O)(O)CC. The number of nitrogens with zero attached hydrogens (tertiary/aromatic N) is 1. The summed E-state index contributed by atoms with van der Waals surface area (Å²) in [6, 6.07) is 0. The average molecular weight is 179 g/mol. The van der Waals surface area contributed by atoms with Gasteiger partial charge >= 0.3 is 48.1 Å². The van der Waals surface area contributed by atoms with Gasteiger partial charge in [-0.15, -0.1) is 0 Å². The first-order valence-electron chi connectivity index (χ1n) is 3.37. The van der Waals surface area contributed by atoms with Crippen molar-refractivity contribution in [3.63, 3.8) is 0 Å². The molecule has 0 spiro atoms. The standard InChI is InChI=1S/C4H13O3P.CH2BN/c1-3-8(5,6,7)4-2;2-1-3/h5-7H,3-4H2,1-2H3;2H2. The zero-order valence-corrected chi connectivity index (χ0v) is 8.04. The van der Waals surface area contributed by atoms with Crippen molar-refractivity contribution >= 4 is 15.1 Å². The van der Waals surface area contributed by atoms with Crippen LogP contribution in [0.25, 0.3) is 0 Å². The molecule has 0 amide bonds. The van der Waals surface area contributed by atoms with Crippen molar-refractivity contribution in [1.82, 2.24) is 0 Å². The normalized spacial score (nSPS) is 13.3. The van der Waals surface area contributed by atoms with Gasteiger partial charge in [-0.1, -0.05) is 0 Å². The van der Waals surface area contributed by atoms with Crippen LogP contribution in [0.15, 0.2) is 0 Å². The van der Waals surface area contributed by atoms with E-state index < -0.39 is 7.28 Å². The zero-order valence-electron chi connectivity index (χ0n) is 7.15. The van der Waals surface area contributed by atoms with Crippen LogP contribution in [0.4, 0.5) is 0 Å². The molecule has 0 atom stereocenters. The molecule has 0 aromatic rings. The Bertz CT molecular complexity index is 140. The van der Waals surface area contributed by atoms with Crippen LogP contribution in [0, 0.1) is 11.2 Å². The predicted molar refractivity (Wildman–Crippen MR) is 48.8 cm³/mol. The Kier molecular flexibility index (Phi) is 5.73. The third-order valence-corrected chi connectivity index (χ3v) is 3.89. The Labute approximate surface area is 68.1 Å². The molecule has 0 bridgehead atoms. The molecule has 0 aliphatic rings. The molecule has 0 heterocycles. The first-order valence-corrected chi connectivity index (χ1v) is 5.84. The first kappa shape index (κ1) is 13.5. The molecule has 66 valence electrons. The number of nitriles is 1. The van der Waals surface area contributed by atoms with Gasteiger partial charge in [-0.05, 0) is 5.97 Å². The molecule has 0 aliphatic heterocycles. The molecule has 4 nitrogen and oxygen atoms in total. The third-order valence-electron chi connectivity index (χ3n) is 1.30. The van der Waals surface area contributed by atoms with Gasteiger partial charge in [0.05, 0.1) is 0 Å². The van der Waals surface area contributed by atoms with Crippen molar-refractivity contribution in [3.05, 3.63) is 0 Å². The summed E-state index contributed by atoms with van der Waals surface area (Å²) < 4.78 is 0. The molecule has 0 saturated carbocycles. The van der Waals surface area contributed by atoms with E-state index in [1.807, 2.05) is 0 Å². The Morgan fingerprint density at radius 1 is 1.27 bits per heavy atom. The molecule has 0 saturated heterocycles. The number of hydrogen-bond acceptors (Lipinski definition) is 4. The molecule has 0 aromatic carbocycles. The molecule has 3 N–H and O–H groups in total. The van der Waals surface area contributed by atoms with Gasteiger partial charge in [0.1, 0.15) is 0 Å². The van der Waals surface area contributed by atoms with E-state index in [2.05, 4.69) is 0 Å². The van der Waals surface area contributed by atoms with E-state index in [1.54, 1.807) is 19.8 Å². The monoisotopic (exact) mass is 179 g/mol. The van der Waals surface area contributed by atoms with E-state index in [0.29, 0.717) is 0 Å². The van der Waals surface area contributed by atoms with Crippen LogP contribution in [0.3, 0.4) is 0 Å². The van der Waals surface area contributed by atoms with E-state index in [0.717, 1.165) is 0 Å². The molecular formula is C5H15BNO3P. The van der Waals surface area contributed by atoms with Crippen LogP contribution >= 0.6 is 7.28 Å². The summed E-state index contributed by atoms with van der Waals surface area (Å²) in [7, 11) is -2.67. The third kappa shape index (κ3) is 9.86. The van der Waals surface area contributed by atoms with Crippen molar-refractivity contribution in [1.29, 1.82) is 5.26 Å². The second kappa shape index (κ2) is 4.68. The molecule has 0 rings (SSSR count). The summed E-state index contributed by atoms with van der Waals surface area (Å²) in [5.74, 6) is 1.75. The van der Waals surface area contributed by atoms with Gasteiger partial charge in [0, 0.05) is 0 Å². The van der Waals surface area contributed by atoms with Gasteiger partial charge in [-0.2, -0.15) is 0 Å². The molecule has 0 fully saturated rings. The molecule has 6 heteroatoms. The predicted octanol–water partition coefficient (Wildman–Crippen LogP) is -0.598. The molecule has 0 aromatic heterocycles. The van der Waals surface area contributed by atoms with Crippen LogP contribution in [-0.4, -0.2) is 34.9 Å². The minimum atomic E-state index is -4.10. The topological polar surface area (TPSA) is 84.5 Å². The Hall–Kier alpha value is -0.135. The minimum absolute atomic E-state index is 0.0576. The Balaban J connectivity index is 0. The van der Waals surface area contributed by atoms with Crippen LogP contribution in [0.2, 0.25) is 0 Å². The van der Waals surface area contributed by atoms with Crippen molar-refractivity contribution in [2.45, 2.75) is 13.8 Å². The maximum atomic E-state index is 8.84. The maximum absolute atomic E-state index is 8.84. The fourth-order valence-electron chi connectivity index (χ4n) is 0.224. The van der Waals surface area contributed by atoms with Gasteiger partial charge in [-0.25, -0.2) is 5.26 Å². The van der Waals surface area contributed by atoms with E-state index in [4.69, 9.17) is 19.9 Å². The fourth-order valence-corrected chi connectivity index (χ4v) is 0.671. The van der Waals surface area contributed by atoms with Crippen LogP contribution in [0.1, 0.15) is 13.8 Å². The van der Waals surface area contributed by atoms with Gasteiger partial charge in [0.15, 0.2) is 0 Å². The summed E-state index contributed by atoms with van der Waals surface area (Å²) in [5.41, 5.74) is 0. The number of hydrogen-bond donors (Lipinski definition) is 3. The van der Waals surface area contributed by atoms with Gasteiger partial charge in [-0.3, -0.25) is 0 Å². The van der Waals surface area contributed by atoms with Crippen molar-refractivity contribution in [2.24, 2.45) is 0 Å².